The van der Waals surface area contributed by atoms with E-state index in [1.165, 1.54) is 0 Å². The summed E-state index contributed by atoms with van der Waals surface area (Å²) in [5.41, 5.74) is 5.03. The highest BCUT2D eigenvalue weighted by molar-refractivity contribution is 5.91. The van der Waals surface area contributed by atoms with E-state index < -0.39 is 35.0 Å². The van der Waals surface area contributed by atoms with E-state index in [1.54, 1.807) is 4.90 Å². The van der Waals surface area contributed by atoms with Crippen LogP contribution in [0.1, 0.15) is 44.1 Å². The minimum Gasteiger partial charge on any atom is -0.380 e. The Bertz CT molecular complexity index is 847. The predicted octanol–water partition coefficient (Wildman–Crippen LogP) is 1.38. The summed E-state index contributed by atoms with van der Waals surface area (Å²) in [5.74, 6) is -3.80. The third kappa shape index (κ3) is 4.05. The van der Waals surface area contributed by atoms with Crippen LogP contribution in [0.4, 0.5) is 13.2 Å². The molecule has 6 nitrogen and oxygen atoms in total. The number of benzene rings is 1. The molecule has 1 saturated carbocycles. The molecule has 30 heavy (non-hydrogen) atoms. The molecule has 1 aromatic carbocycles. The van der Waals surface area contributed by atoms with Gasteiger partial charge in [-0.05, 0) is 62.5 Å². The van der Waals surface area contributed by atoms with Gasteiger partial charge in [0.1, 0.15) is 11.4 Å². The van der Waals surface area contributed by atoms with Crippen molar-refractivity contribution in [1.82, 2.24) is 10.2 Å². The van der Waals surface area contributed by atoms with Crippen LogP contribution < -0.4 is 11.1 Å². The summed E-state index contributed by atoms with van der Waals surface area (Å²) >= 11 is 0. The van der Waals surface area contributed by atoms with Crippen LogP contribution in [0.2, 0.25) is 0 Å². The lowest BCUT2D eigenvalue weighted by atomic mass is 9.82. The van der Waals surface area contributed by atoms with Crippen molar-refractivity contribution in [3.05, 3.63) is 35.1 Å². The van der Waals surface area contributed by atoms with E-state index in [0.29, 0.717) is 31.7 Å². The molecular weight excluding hydrogens is 399 g/mol. The van der Waals surface area contributed by atoms with Crippen LogP contribution in [-0.4, -0.2) is 52.1 Å². The largest absolute Gasteiger partial charge is 0.380 e. The van der Waals surface area contributed by atoms with Gasteiger partial charge in [0.05, 0.1) is 6.54 Å². The number of aliphatic hydroxyl groups is 1. The average Bonchev–Trinajstić information content (AvgIpc) is 3.40. The highest BCUT2D eigenvalue weighted by atomic mass is 19.2. The Labute approximate surface area is 172 Å². The van der Waals surface area contributed by atoms with E-state index in [0.717, 1.165) is 18.9 Å². The fourth-order valence-electron chi connectivity index (χ4n) is 4.87. The molecule has 3 fully saturated rings. The number of carbonyl (C=O) groups excluding carboxylic acids is 2. The summed E-state index contributed by atoms with van der Waals surface area (Å²) in [6.45, 7) is -0.148. The smallest absolute Gasteiger partial charge is 0.252 e. The Kier molecular flexibility index (Phi) is 5.52. The molecule has 4 rings (SSSR count). The lowest BCUT2D eigenvalue weighted by molar-refractivity contribution is -0.139. The highest BCUT2D eigenvalue weighted by Gasteiger charge is 2.49. The molecule has 3 unspecified atom stereocenters. The SMILES string of the molecule is NC(Cc1cc(F)c(F)cc1F)C1CC2CCC(C1)N2C(=O)CNC(=O)C1(O)CC1. The first-order valence-electron chi connectivity index (χ1n) is 10.4. The molecular formula is C21H26F3N3O3. The second-order valence-corrected chi connectivity index (χ2v) is 8.86. The van der Waals surface area contributed by atoms with Crippen LogP contribution >= 0.6 is 0 Å². The Hall–Kier alpha value is -2.13. The minimum absolute atomic E-state index is 0.0111. The molecule has 0 radical (unpaired) electrons. The molecule has 4 N–H and O–H groups in total. The third-order valence-corrected chi connectivity index (χ3v) is 6.75. The monoisotopic (exact) mass is 425 g/mol. The molecule has 0 spiro atoms. The normalized spacial score (nSPS) is 27.6. The maximum atomic E-state index is 14.0. The van der Waals surface area contributed by atoms with Crippen molar-refractivity contribution in [2.24, 2.45) is 11.7 Å². The van der Waals surface area contributed by atoms with Gasteiger partial charge in [0.25, 0.3) is 5.91 Å². The van der Waals surface area contributed by atoms with Crippen molar-refractivity contribution in [3.8, 4) is 0 Å². The van der Waals surface area contributed by atoms with E-state index in [4.69, 9.17) is 5.73 Å². The molecule has 9 heteroatoms. The molecule has 1 aliphatic carbocycles. The van der Waals surface area contributed by atoms with E-state index in [-0.39, 0.29) is 42.4 Å². The zero-order valence-electron chi connectivity index (χ0n) is 16.5. The fourth-order valence-corrected chi connectivity index (χ4v) is 4.87. The second-order valence-electron chi connectivity index (χ2n) is 8.86. The summed E-state index contributed by atoms with van der Waals surface area (Å²) in [6, 6.07) is 0.933. The van der Waals surface area contributed by atoms with Crippen LogP contribution in [0.3, 0.4) is 0 Å². The standard InChI is InChI=1S/C21H26F3N3O3/c22-15-9-17(24)16(23)7-11(15)8-18(25)12-5-13-1-2-14(6-12)27(13)19(28)10-26-20(29)21(30)3-4-21/h7,9,12-14,18,30H,1-6,8,10,25H2,(H,26,29). The lowest BCUT2D eigenvalue weighted by Crippen LogP contribution is -2.53. The summed E-state index contributed by atoms with van der Waals surface area (Å²) in [6.07, 6.45) is 3.88. The van der Waals surface area contributed by atoms with Crippen LogP contribution in [-0.2, 0) is 16.0 Å². The van der Waals surface area contributed by atoms with Crippen molar-refractivity contribution in [1.29, 1.82) is 0 Å². The van der Waals surface area contributed by atoms with Crippen LogP contribution in [0.5, 0.6) is 0 Å². The van der Waals surface area contributed by atoms with E-state index >= 15 is 0 Å². The van der Waals surface area contributed by atoms with Gasteiger partial charge < -0.3 is 21.1 Å². The molecule has 0 aromatic heterocycles. The van der Waals surface area contributed by atoms with Crippen molar-refractivity contribution in [2.45, 2.75) is 68.7 Å². The summed E-state index contributed by atoms with van der Waals surface area (Å²) in [5, 5.41) is 12.3. The first-order valence-corrected chi connectivity index (χ1v) is 10.4. The number of nitrogens with zero attached hydrogens (tertiary/aromatic N) is 1. The number of hydrogen-bond donors (Lipinski definition) is 3. The molecule has 2 aliphatic heterocycles. The quantitative estimate of drug-likeness (QED) is 0.600. The van der Waals surface area contributed by atoms with Crippen LogP contribution in [0.15, 0.2) is 12.1 Å². The van der Waals surface area contributed by atoms with Gasteiger partial charge in [0.2, 0.25) is 5.91 Å². The minimum atomic E-state index is -1.31. The van der Waals surface area contributed by atoms with Gasteiger partial charge in [-0.2, -0.15) is 0 Å². The second kappa shape index (κ2) is 7.85. The van der Waals surface area contributed by atoms with Crippen LogP contribution in [0, 0.1) is 23.4 Å². The zero-order valence-corrected chi connectivity index (χ0v) is 16.5. The van der Waals surface area contributed by atoms with Gasteiger partial charge in [0.15, 0.2) is 11.6 Å². The number of piperidine rings is 1. The first kappa shape index (κ1) is 21.1. The highest BCUT2D eigenvalue weighted by Crippen LogP contribution is 2.40. The van der Waals surface area contributed by atoms with E-state index in [9.17, 15) is 27.9 Å². The summed E-state index contributed by atoms with van der Waals surface area (Å²) in [4.78, 5) is 26.3. The Morgan fingerprint density at radius 2 is 1.73 bits per heavy atom. The van der Waals surface area contributed by atoms with Gasteiger partial charge in [-0.15, -0.1) is 0 Å². The number of nitrogens with one attached hydrogen (secondary N) is 1. The lowest BCUT2D eigenvalue weighted by Gasteiger charge is -2.41. The van der Waals surface area contributed by atoms with Gasteiger partial charge in [-0.1, -0.05) is 0 Å². The van der Waals surface area contributed by atoms with Crippen molar-refractivity contribution >= 4 is 11.8 Å². The number of nitrogens with two attached hydrogens (primary N) is 1. The van der Waals surface area contributed by atoms with Crippen LogP contribution in [0.25, 0.3) is 0 Å². The number of rotatable bonds is 6. The molecule has 3 atom stereocenters. The molecule has 1 aromatic rings. The van der Waals surface area contributed by atoms with Gasteiger partial charge >= 0.3 is 0 Å². The molecule has 2 heterocycles. The topological polar surface area (TPSA) is 95.7 Å². The van der Waals surface area contributed by atoms with Gasteiger partial charge in [-0.3, -0.25) is 9.59 Å². The number of carbonyl (C=O) groups is 2. The Balaban J connectivity index is 1.34. The Morgan fingerprint density at radius 3 is 2.33 bits per heavy atom. The van der Waals surface area contributed by atoms with Crippen molar-refractivity contribution in [3.63, 3.8) is 0 Å². The Morgan fingerprint density at radius 1 is 1.13 bits per heavy atom. The first-order chi connectivity index (χ1) is 14.2. The summed E-state index contributed by atoms with van der Waals surface area (Å²) < 4.78 is 40.6. The number of halogens is 3. The van der Waals surface area contributed by atoms with Crippen molar-refractivity contribution in [2.75, 3.05) is 6.54 Å². The van der Waals surface area contributed by atoms with E-state index in [2.05, 4.69) is 5.32 Å². The number of hydrogen-bond acceptors (Lipinski definition) is 4. The fraction of sp³-hybridized carbons (Fsp3) is 0.619. The maximum absolute atomic E-state index is 14.0. The number of amides is 2. The van der Waals surface area contributed by atoms with Gasteiger partial charge in [0, 0.05) is 24.2 Å². The molecule has 164 valence electrons. The summed E-state index contributed by atoms with van der Waals surface area (Å²) in [7, 11) is 0. The van der Waals surface area contributed by atoms with E-state index in [1.807, 2.05) is 0 Å². The average molecular weight is 425 g/mol. The zero-order chi connectivity index (χ0) is 21.6. The predicted molar refractivity (Wildman–Crippen MR) is 102 cm³/mol. The van der Waals surface area contributed by atoms with Gasteiger partial charge in [-0.25, -0.2) is 13.2 Å². The third-order valence-electron chi connectivity index (χ3n) is 6.75. The molecule has 2 amide bonds. The maximum Gasteiger partial charge on any atom is 0.252 e. The van der Waals surface area contributed by atoms with Crippen molar-refractivity contribution < 1.29 is 27.9 Å². The molecule has 2 bridgehead atoms. The molecule has 3 aliphatic rings. The molecule has 2 saturated heterocycles. The number of fused-ring (bicyclic) bond motifs is 2.